The van der Waals surface area contributed by atoms with E-state index in [1.54, 1.807) is 0 Å². The Labute approximate surface area is 186 Å². The number of carbonyl (C=O) groups is 1. The molecule has 1 aromatic carbocycles. The number of nitrogens with zero attached hydrogens (tertiary/aromatic N) is 1. The highest BCUT2D eigenvalue weighted by molar-refractivity contribution is 14.0. The molecule has 3 N–H and O–H groups in total. The molecule has 3 unspecified atom stereocenters. The molecule has 2 fully saturated rings. The van der Waals surface area contributed by atoms with E-state index in [0.29, 0.717) is 18.0 Å². The van der Waals surface area contributed by atoms with Crippen LogP contribution in [0.3, 0.4) is 0 Å². The molecule has 0 radical (unpaired) electrons. The minimum absolute atomic E-state index is 0. The molecular weight excluding hydrogens is 463 g/mol. The highest BCUT2D eigenvalue weighted by Crippen LogP contribution is 2.26. The fourth-order valence-electron chi connectivity index (χ4n) is 3.84. The maximum absolute atomic E-state index is 12.4. The standard InChI is InChI=1S/C22H34N4O.HI/c1-15-6-4-7-17(12-15)16(2)14-24-22(23-3)26-20-9-5-8-18(13-20)21(27)25-19-10-11-19;/h4,6-7,12,16,18-20H,5,8-11,13-14H2,1-3H3,(H,25,27)(H2,23,24,26);1H. The van der Waals surface area contributed by atoms with Crippen LogP contribution in [0.5, 0.6) is 0 Å². The lowest BCUT2D eigenvalue weighted by atomic mass is 9.85. The highest BCUT2D eigenvalue weighted by atomic mass is 127. The van der Waals surface area contributed by atoms with Crippen LogP contribution in [0.25, 0.3) is 0 Å². The Morgan fingerprint density at radius 1 is 1.18 bits per heavy atom. The molecule has 3 rings (SSSR count). The first-order valence-electron chi connectivity index (χ1n) is 10.4. The number of carbonyl (C=O) groups excluding carboxylic acids is 1. The van der Waals surface area contributed by atoms with E-state index in [1.165, 1.54) is 11.1 Å². The number of hydrogen-bond donors (Lipinski definition) is 3. The second-order valence-corrected chi connectivity index (χ2v) is 8.26. The van der Waals surface area contributed by atoms with Gasteiger partial charge < -0.3 is 16.0 Å². The monoisotopic (exact) mass is 498 g/mol. The lowest BCUT2D eigenvalue weighted by Crippen LogP contribution is -2.47. The minimum atomic E-state index is 0. The number of rotatable bonds is 6. The maximum Gasteiger partial charge on any atom is 0.223 e. The minimum Gasteiger partial charge on any atom is -0.356 e. The Morgan fingerprint density at radius 3 is 2.64 bits per heavy atom. The van der Waals surface area contributed by atoms with Crippen LogP contribution in [-0.2, 0) is 4.79 Å². The number of guanidine groups is 1. The van der Waals surface area contributed by atoms with Crippen LogP contribution in [-0.4, -0.2) is 37.5 Å². The van der Waals surface area contributed by atoms with Crippen molar-refractivity contribution in [1.29, 1.82) is 0 Å². The van der Waals surface area contributed by atoms with Crippen molar-refractivity contribution in [1.82, 2.24) is 16.0 Å². The van der Waals surface area contributed by atoms with Crippen molar-refractivity contribution in [3.8, 4) is 0 Å². The van der Waals surface area contributed by atoms with Gasteiger partial charge in [0.25, 0.3) is 0 Å². The molecule has 3 atom stereocenters. The van der Waals surface area contributed by atoms with Crippen LogP contribution in [0, 0.1) is 12.8 Å². The average Bonchev–Trinajstić information content (AvgIpc) is 3.49. The third kappa shape index (κ3) is 6.94. The summed E-state index contributed by atoms with van der Waals surface area (Å²) in [6, 6.07) is 9.43. The van der Waals surface area contributed by atoms with Crippen molar-refractivity contribution in [2.75, 3.05) is 13.6 Å². The molecule has 0 spiro atoms. The maximum atomic E-state index is 12.4. The Balaban J connectivity index is 0.00000280. The number of nitrogens with one attached hydrogen (secondary N) is 3. The van der Waals surface area contributed by atoms with Crippen LogP contribution in [0.4, 0.5) is 0 Å². The average molecular weight is 498 g/mol. The molecule has 1 aromatic rings. The van der Waals surface area contributed by atoms with Crippen LogP contribution in [0.1, 0.15) is 62.5 Å². The van der Waals surface area contributed by atoms with Crippen LogP contribution < -0.4 is 16.0 Å². The van der Waals surface area contributed by atoms with Crippen molar-refractivity contribution < 1.29 is 4.79 Å². The first-order chi connectivity index (χ1) is 13.0. The molecule has 2 aliphatic carbocycles. The molecule has 156 valence electrons. The smallest absolute Gasteiger partial charge is 0.223 e. The summed E-state index contributed by atoms with van der Waals surface area (Å²) in [5, 5.41) is 10.2. The van der Waals surface area contributed by atoms with Gasteiger partial charge in [-0.05, 0) is 50.5 Å². The summed E-state index contributed by atoms with van der Waals surface area (Å²) < 4.78 is 0. The van der Waals surface area contributed by atoms with Gasteiger partial charge >= 0.3 is 0 Å². The molecule has 28 heavy (non-hydrogen) atoms. The normalized spacial score (nSPS) is 23.3. The number of hydrogen-bond acceptors (Lipinski definition) is 2. The summed E-state index contributed by atoms with van der Waals surface area (Å²) in [5.74, 6) is 1.64. The first-order valence-corrected chi connectivity index (χ1v) is 10.4. The van der Waals surface area contributed by atoms with Crippen molar-refractivity contribution in [2.24, 2.45) is 10.9 Å². The predicted molar refractivity (Wildman–Crippen MR) is 126 cm³/mol. The van der Waals surface area contributed by atoms with Crippen molar-refractivity contribution in [2.45, 2.75) is 70.4 Å². The lowest BCUT2D eigenvalue weighted by molar-refractivity contribution is -0.126. The third-order valence-electron chi connectivity index (χ3n) is 5.72. The molecule has 0 saturated heterocycles. The van der Waals surface area contributed by atoms with Crippen LogP contribution >= 0.6 is 24.0 Å². The topological polar surface area (TPSA) is 65.5 Å². The summed E-state index contributed by atoms with van der Waals surface area (Å²) in [6.07, 6.45) is 6.39. The van der Waals surface area contributed by atoms with E-state index in [0.717, 1.165) is 51.0 Å². The van der Waals surface area contributed by atoms with Crippen LogP contribution in [0.15, 0.2) is 29.3 Å². The molecule has 0 bridgehead atoms. The Morgan fingerprint density at radius 2 is 1.96 bits per heavy atom. The fraction of sp³-hybridized carbons (Fsp3) is 0.636. The molecule has 0 heterocycles. The zero-order chi connectivity index (χ0) is 19.2. The lowest BCUT2D eigenvalue weighted by Gasteiger charge is -2.30. The number of amides is 1. The molecule has 2 saturated carbocycles. The van der Waals surface area contributed by atoms with E-state index in [4.69, 9.17) is 0 Å². The fourth-order valence-corrected chi connectivity index (χ4v) is 3.84. The first kappa shape index (κ1) is 23.0. The van der Waals surface area contributed by atoms with E-state index < -0.39 is 0 Å². The summed E-state index contributed by atoms with van der Waals surface area (Å²) in [4.78, 5) is 16.8. The van der Waals surface area contributed by atoms with E-state index in [-0.39, 0.29) is 35.8 Å². The van der Waals surface area contributed by atoms with Gasteiger partial charge in [0.05, 0.1) is 0 Å². The number of aryl methyl sites for hydroxylation is 1. The van der Waals surface area contributed by atoms with E-state index >= 15 is 0 Å². The van der Waals surface area contributed by atoms with Gasteiger partial charge in [0.2, 0.25) is 5.91 Å². The van der Waals surface area contributed by atoms with Crippen molar-refractivity contribution in [3.05, 3.63) is 35.4 Å². The zero-order valence-electron chi connectivity index (χ0n) is 17.3. The Kier molecular flexibility index (Phi) is 9.05. The highest BCUT2D eigenvalue weighted by Gasteiger charge is 2.31. The summed E-state index contributed by atoms with van der Waals surface area (Å²) in [7, 11) is 1.81. The molecular formula is C22H35IN4O. The quantitative estimate of drug-likeness (QED) is 0.318. The molecule has 0 aromatic heterocycles. The third-order valence-corrected chi connectivity index (χ3v) is 5.72. The number of benzene rings is 1. The van der Waals surface area contributed by atoms with Gasteiger partial charge in [0, 0.05) is 31.6 Å². The molecule has 6 heteroatoms. The second-order valence-electron chi connectivity index (χ2n) is 8.26. The number of halogens is 1. The Bertz CT molecular complexity index is 674. The van der Waals surface area contributed by atoms with Crippen molar-refractivity contribution in [3.63, 3.8) is 0 Å². The summed E-state index contributed by atoms with van der Waals surface area (Å²) >= 11 is 0. The van der Waals surface area contributed by atoms with Gasteiger partial charge in [0.1, 0.15) is 0 Å². The number of aliphatic imine (C=N–C) groups is 1. The largest absolute Gasteiger partial charge is 0.356 e. The molecule has 1 amide bonds. The van der Waals surface area contributed by atoms with E-state index in [1.807, 2.05) is 7.05 Å². The van der Waals surface area contributed by atoms with Gasteiger partial charge in [-0.2, -0.15) is 0 Å². The zero-order valence-corrected chi connectivity index (χ0v) is 19.7. The van der Waals surface area contributed by atoms with Gasteiger partial charge in [-0.1, -0.05) is 43.2 Å². The second kappa shape index (κ2) is 11.0. The summed E-state index contributed by atoms with van der Waals surface area (Å²) in [5.41, 5.74) is 2.63. The van der Waals surface area contributed by atoms with Gasteiger partial charge in [-0.25, -0.2) is 0 Å². The van der Waals surface area contributed by atoms with E-state index in [9.17, 15) is 4.79 Å². The molecule has 2 aliphatic rings. The molecule has 0 aliphatic heterocycles. The SMILES string of the molecule is CN=C(NCC(C)c1cccc(C)c1)NC1CCCC(C(=O)NC2CC2)C1.I. The van der Waals surface area contributed by atoms with Crippen LogP contribution in [0.2, 0.25) is 0 Å². The summed E-state index contributed by atoms with van der Waals surface area (Å²) in [6.45, 7) is 5.19. The molecule has 5 nitrogen and oxygen atoms in total. The van der Waals surface area contributed by atoms with Gasteiger partial charge in [-0.15, -0.1) is 24.0 Å². The Hall–Kier alpha value is -1.31. The predicted octanol–water partition coefficient (Wildman–Crippen LogP) is 3.72. The van der Waals surface area contributed by atoms with Gasteiger partial charge in [0.15, 0.2) is 5.96 Å². The van der Waals surface area contributed by atoms with E-state index in [2.05, 4.69) is 59.1 Å². The van der Waals surface area contributed by atoms with Crippen molar-refractivity contribution >= 4 is 35.8 Å². The van der Waals surface area contributed by atoms with Gasteiger partial charge in [-0.3, -0.25) is 9.79 Å².